The predicted molar refractivity (Wildman–Crippen MR) is 74.1 cm³/mol. The summed E-state index contributed by atoms with van der Waals surface area (Å²) in [6, 6.07) is 8.54. The van der Waals surface area contributed by atoms with Gasteiger partial charge in [0.15, 0.2) is 0 Å². The average molecular weight is 348 g/mol. The van der Waals surface area contributed by atoms with E-state index in [1.165, 1.54) is 18.4 Å². The van der Waals surface area contributed by atoms with Gasteiger partial charge < -0.3 is 4.74 Å². The highest BCUT2D eigenvalue weighted by atomic mass is 79.9. The van der Waals surface area contributed by atoms with Crippen molar-refractivity contribution >= 4 is 31.9 Å². The van der Waals surface area contributed by atoms with Crippen molar-refractivity contribution in [2.24, 2.45) is 5.92 Å². The molecule has 0 aromatic heterocycles. The number of benzene rings is 1. The number of hydrogen-bond donors (Lipinski definition) is 0. The molecule has 1 nitrogen and oxygen atoms in total. The van der Waals surface area contributed by atoms with Gasteiger partial charge in [-0.3, -0.25) is 0 Å². The number of ether oxygens (including phenoxy) is 1. The van der Waals surface area contributed by atoms with Crippen molar-refractivity contribution < 1.29 is 4.74 Å². The topological polar surface area (TPSA) is 9.23 Å². The molecule has 1 saturated heterocycles. The van der Waals surface area contributed by atoms with Crippen LogP contribution in [0.4, 0.5) is 0 Å². The van der Waals surface area contributed by atoms with Gasteiger partial charge in [-0.25, -0.2) is 0 Å². The fourth-order valence-electron chi connectivity index (χ4n) is 2.11. The van der Waals surface area contributed by atoms with E-state index in [0.717, 1.165) is 24.1 Å². The summed E-state index contributed by atoms with van der Waals surface area (Å²) in [4.78, 5) is 0.530. The van der Waals surface area contributed by atoms with Crippen molar-refractivity contribution in [3.05, 3.63) is 34.3 Å². The highest BCUT2D eigenvalue weighted by Crippen LogP contribution is 2.26. The van der Waals surface area contributed by atoms with Crippen molar-refractivity contribution in [1.29, 1.82) is 0 Å². The number of rotatable bonds is 3. The van der Waals surface area contributed by atoms with E-state index in [2.05, 4.69) is 56.1 Å². The van der Waals surface area contributed by atoms with Crippen LogP contribution in [0.25, 0.3) is 0 Å². The van der Waals surface area contributed by atoms with Gasteiger partial charge in [-0.15, -0.1) is 0 Å². The Kier molecular flexibility index (Phi) is 4.86. The normalized spacial score (nSPS) is 23.0. The van der Waals surface area contributed by atoms with E-state index in [-0.39, 0.29) is 0 Å². The standard InChI is InChI=1S/C13H16Br2O/c14-12-5-1-3-10(7-12)8-13(15)11-4-2-6-16-9-11/h1,3,5,7,11,13H,2,4,6,8-9H2. The van der Waals surface area contributed by atoms with Gasteiger partial charge in [0.2, 0.25) is 0 Å². The first-order valence-corrected chi connectivity index (χ1v) is 7.43. The summed E-state index contributed by atoms with van der Waals surface area (Å²) >= 11 is 7.31. The molecule has 2 rings (SSSR count). The van der Waals surface area contributed by atoms with Gasteiger partial charge in [0.05, 0.1) is 6.61 Å². The van der Waals surface area contributed by atoms with Gasteiger partial charge in [-0.1, -0.05) is 44.0 Å². The summed E-state index contributed by atoms with van der Waals surface area (Å²) < 4.78 is 6.68. The van der Waals surface area contributed by atoms with Crippen molar-refractivity contribution in [2.75, 3.05) is 13.2 Å². The minimum absolute atomic E-state index is 0.530. The molecule has 2 atom stereocenters. The van der Waals surface area contributed by atoms with Crippen LogP contribution in [0, 0.1) is 5.92 Å². The third-order valence-electron chi connectivity index (χ3n) is 3.03. The smallest absolute Gasteiger partial charge is 0.0505 e. The Morgan fingerprint density at radius 2 is 2.31 bits per heavy atom. The van der Waals surface area contributed by atoms with Crippen molar-refractivity contribution in [3.63, 3.8) is 0 Å². The second kappa shape index (κ2) is 6.18. The summed E-state index contributed by atoms with van der Waals surface area (Å²) in [6.45, 7) is 1.84. The van der Waals surface area contributed by atoms with Gasteiger partial charge in [0, 0.05) is 15.9 Å². The summed E-state index contributed by atoms with van der Waals surface area (Å²) in [5, 5.41) is 0. The average Bonchev–Trinajstić information content (AvgIpc) is 2.30. The predicted octanol–water partition coefficient (Wildman–Crippen LogP) is 4.18. The first kappa shape index (κ1) is 12.6. The van der Waals surface area contributed by atoms with Gasteiger partial charge >= 0.3 is 0 Å². The van der Waals surface area contributed by atoms with Crippen LogP contribution >= 0.6 is 31.9 Å². The molecule has 88 valence electrons. The molecule has 1 aliphatic rings. The van der Waals surface area contributed by atoms with Gasteiger partial charge in [-0.05, 0) is 42.9 Å². The van der Waals surface area contributed by atoms with Crippen LogP contribution < -0.4 is 0 Å². The Morgan fingerprint density at radius 3 is 3.00 bits per heavy atom. The molecule has 1 heterocycles. The van der Waals surface area contributed by atoms with E-state index in [1.807, 2.05) is 0 Å². The monoisotopic (exact) mass is 346 g/mol. The molecule has 1 aromatic rings. The number of hydrogen-bond acceptors (Lipinski definition) is 1. The maximum atomic E-state index is 5.53. The van der Waals surface area contributed by atoms with Crippen LogP contribution in [-0.4, -0.2) is 18.0 Å². The summed E-state index contributed by atoms with van der Waals surface area (Å²) in [5.41, 5.74) is 1.38. The minimum atomic E-state index is 0.530. The molecule has 0 saturated carbocycles. The Hall–Kier alpha value is 0.140. The Morgan fingerprint density at radius 1 is 1.44 bits per heavy atom. The largest absolute Gasteiger partial charge is 0.381 e. The molecule has 1 fully saturated rings. The lowest BCUT2D eigenvalue weighted by molar-refractivity contribution is 0.0547. The van der Waals surface area contributed by atoms with Gasteiger partial charge in [0.1, 0.15) is 0 Å². The fourth-order valence-corrected chi connectivity index (χ4v) is 3.34. The molecule has 0 spiro atoms. The van der Waals surface area contributed by atoms with Crippen LogP contribution in [-0.2, 0) is 11.2 Å². The first-order chi connectivity index (χ1) is 7.75. The van der Waals surface area contributed by atoms with Crippen LogP contribution in [0.2, 0.25) is 0 Å². The zero-order chi connectivity index (χ0) is 11.4. The molecule has 1 aliphatic heterocycles. The highest BCUT2D eigenvalue weighted by Gasteiger charge is 2.22. The fraction of sp³-hybridized carbons (Fsp3) is 0.538. The SMILES string of the molecule is Brc1cccc(CC(Br)C2CCCOC2)c1. The first-order valence-electron chi connectivity index (χ1n) is 5.72. The van der Waals surface area contributed by atoms with E-state index in [0.29, 0.717) is 10.7 Å². The lowest BCUT2D eigenvalue weighted by Gasteiger charge is -2.26. The van der Waals surface area contributed by atoms with Crippen LogP contribution in [0.3, 0.4) is 0 Å². The second-order valence-corrected chi connectivity index (χ2v) is 6.42. The van der Waals surface area contributed by atoms with Crippen LogP contribution in [0.15, 0.2) is 28.7 Å². The van der Waals surface area contributed by atoms with Gasteiger partial charge in [-0.2, -0.15) is 0 Å². The molecule has 2 unspecified atom stereocenters. The molecule has 0 bridgehead atoms. The number of alkyl halides is 1. The van der Waals surface area contributed by atoms with E-state index in [4.69, 9.17) is 4.74 Å². The van der Waals surface area contributed by atoms with Crippen LogP contribution in [0.5, 0.6) is 0 Å². The zero-order valence-electron chi connectivity index (χ0n) is 9.16. The van der Waals surface area contributed by atoms with E-state index in [1.54, 1.807) is 0 Å². The molecular formula is C13H16Br2O. The third kappa shape index (κ3) is 3.57. The molecule has 0 amide bonds. The van der Waals surface area contributed by atoms with E-state index in [9.17, 15) is 0 Å². The lowest BCUT2D eigenvalue weighted by atomic mass is 9.94. The summed E-state index contributed by atoms with van der Waals surface area (Å²) in [6.07, 6.45) is 3.56. The lowest BCUT2D eigenvalue weighted by Crippen LogP contribution is -2.26. The Labute approximate surface area is 114 Å². The van der Waals surface area contributed by atoms with Crippen molar-refractivity contribution in [3.8, 4) is 0 Å². The Balaban J connectivity index is 1.93. The molecule has 1 aromatic carbocycles. The molecule has 3 heteroatoms. The molecule has 0 aliphatic carbocycles. The highest BCUT2D eigenvalue weighted by molar-refractivity contribution is 9.10. The van der Waals surface area contributed by atoms with Crippen molar-refractivity contribution in [1.82, 2.24) is 0 Å². The molecule has 0 radical (unpaired) electrons. The third-order valence-corrected chi connectivity index (χ3v) is 4.59. The van der Waals surface area contributed by atoms with E-state index >= 15 is 0 Å². The summed E-state index contributed by atoms with van der Waals surface area (Å²) in [7, 11) is 0. The van der Waals surface area contributed by atoms with Crippen molar-refractivity contribution in [2.45, 2.75) is 24.1 Å². The molecule has 16 heavy (non-hydrogen) atoms. The van der Waals surface area contributed by atoms with Crippen LogP contribution in [0.1, 0.15) is 18.4 Å². The van der Waals surface area contributed by atoms with Gasteiger partial charge in [0.25, 0.3) is 0 Å². The van der Waals surface area contributed by atoms with E-state index < -0.39 is 0 Å². The summed E-state index contributed by atoms with van der Waals surface area (Å²) in [5.74, 6) is 0.660. The maximum absolute atomic E-state index is 5.53. The molecule has 0 N–H and O–H groups in total. The zero-order valence-corrected chi connectivity index (χ0v) is 12.3. The Bertz CT molecular complexity index is 334. The molecular weight excluding hydrogens is 332 g/mol. The minimum Gasteiger partial charge on any atom is -0.381 e. The maximum Gasteiger partial charge on any atom is 0.0505 e. The number of halogens is 2. The quantitative estimate of drug-likeness (QED) is 0.745. The second-order valence-electron chi connectivity index (χ2n) is 4.33.